The summed E-state index contributed by atoms with van der Waals surface area (Å²) < 4.78 is 0. The molecule has 0 aliphatic carbocycles. The van der Waals surface area contributed by atoms with E-state index >= 15 is 0 Å². The van der Waals surface area contributed by atoms with Gasteiger partial charge in [0, 0.05) is 6.21 Å². The molecule has 0 saturated heterocycles. The number of carbonyl (C=O) groups is 1. The van der Waals surface area contributed by atoms with Crippen molar-refractivity contribution in [3.8, 4) is 0 Å². The number of amides is 1. The fraction of sp³-hybridized carbons (Fsp3) is 0.333. The topological polar surface area (TPSA) is 58.7 Å². The van der Waals surface area contributed by atoms with Gasteiger partial charge >= 0.3 is 0 Å². The zero-order chi connectivity index (χ0) is 11.4. The quantitative estimate of drug-likeness (QED) is 0.826. The largest absolute Gasteiger partial charge is 0.330 e. The van der Waals surface area contributed by atoms with E-state index in [9.17, 15) is 4.79 Å². The van der Waals surface area contributed by atoms with E-state index in [2.05, 4.69) is 5.10 Å². The van der Waals surface area contributed by atoms with Crippen LogP contribution < -0.4 is 10.7 Å². The van der Waals surface area contributed by atoms with E-state index < -0.39 is 0 Å². The molecule has 1 aliphatic rings. The zero-order valence-corrected chi connectivity index (χ0v) is 9.10. The Balaban J connectivity index is 2.25. The predicted molar refractivity (Wildman–Crippen MR) is 64.4 cm³/mol. The molecule has 0 saturated carbocycles. The molecule has 4 nitrogen and oxygen atoms in total. The number of hydrogen-bond donors (Lipinski definition) is 1. The Morgan fingerprint density at radius 2 is 2.19 bits per heavy atom. The molecule has 0 unspecified atom stereocenters. The molecule has 0 spiro atoms. The third-order valence-corrected chi connectivity index (χ3v) is 2.57. The molecule has 0 atom stereocenters. The van der Waals surface area contributed by atoms with Crippen LogP contribution in [-0.4, -0.2) is 18.7 Å². The molecule has 2 N–H and O–H groups in total. The van der Waals surface area contributed by atoms with E-state index in [0.29, 0.717) is 13.0 Å². The fourth-order valence-electron chi connectivity index (χ4n) is 1.77. The lowest BCUT2D eigenvalue weighted by atomic mass is 10.1. The molecule has 16 heavy (non-hydrogen) atoms. The van der Waals surface area contributed by atoms with Crippen LogP contribution in [0.2, 0.25) is 0 Å². The summed E-state index contributed by atoms with van der Waals surface area (Å²) in [5, 5.41) is 5.56. The van der Waals surface area contributed by atoms with Gasteiger partial charge in [-0.05, 0) is 31.0 Å². The summed E-state index contributed by atoms with van der Waals surface area (Å²) in [5.41, 5.74) is 7.51. The molecule has 0 radical (unpaired) electrons. The third-order valence-electron chi connectivity index (χ3n) is 2.57. The Hall–Kier alpha value is -1.68. The average molecular weight is 217 g/mol. The number of hydrogen-bond acceptors (Lipinski definition) is 3. The van der Waals surface area contributed by atoms with Gasteiger partial charge in [0.15, 0.2) is 0 Å². The second-order valence-corrected chi connectivity index (χ2v) is 3.73. The first-order valence-electron chi connectivity index (χ1n) is 5.46. The summed E-state index contributed by atoms with van der Waals surface area (Å²) in [6, 6.07) is 7.83. The number of nitrogens with zero attached hydrogens (tertiary/aromatic N) is 2. The summed E-state index contributed by atoms with van der Waals surface area (Å²) in [4.78, 5) is 11.6. The first-order valence-corrected chi connectivity index (χ1v) is 5.46. The Morgan fingerprint density at radius 3 is 2.88 bits per heavy atom. The number of aryl methyl sites for hydroxylation is 1. The minimum Gasteiger partial charge on any atom is -0.330 e. The van der Waals surface area contributed by atoms with Gasteiger partial charge in [-0.15, -0.1) is 0 Å². The highest BCUT2D eigenvalue weighted by Crippen LogP contribution is 2.24. The highest BCUT2D eigenvalue weighted by Gasteiger charge is 2.20. The van der Waals surface area contributed by atoms with Crippen LogP contribution >= 0.6 is 0 Å². The molecular formula is C12H15N3O. The monoisotopic (exact) mass is 217 g/mol. The number of anilines is 1. The third kappa shape index (κ3) is 2.12. The summed E-state index contributed by atoms with van der Waals surface area (Å²) in [6.45, 7) is 0.658. The van der Waals surface area contributed by atoms with Gasteiger partial charge in [-0.3, -0.25) is 4.79 Å². The van der Waals surface area contributed by atoms with E-state index in [-0.39, 0.29) is 5.91 Å². The zero-order valence-electron chi connectivity index (χ0n) is 9.10. The number of rotatable bonds is 4. The van der Waals surface area contributed by atoms with Gasteiger partial charge in [-0.25, -0.2) is 5.01 Å². The van der Waals surface area contributed by atoms with Crippen LogP contribution in [0.3, 0.4) is 0 Å². The van der Waals surface area contributed by atoms with Crippen molar-refractivity contribution in [1.29, 1.82) is 0 Å². The fourth-order valence-corrected chi connectivity index (χ4v) is 1.77. The first-order chi connectivity index (χ1) is 7.83. The van der Waals surface area contributed by atoms with Crippen LogP contribution in [-0.2, 0) is 11.2 Å². The van der Waals surface area contributed by atoms with Gasteiger partial charge in [0.2, 0.25) is 0 Å². The number of nitrogens with two attached hydrogens (primary N) is 1. The molecule has 84 valence electrons. The van der Waals surface area contributed by atoms with Gasteiger partial charge in [-0.2, -0.15) is 5.10 Å². The lowest BCUT2D eigenvalue weighted by molar-refractivity contribution is -0.116. The molecule has 1 aromatic carbocycles. The smallest absolute Gasteiger partial charge is 0.252 e. The lowest BCUT2D eigenvalue weighted by Gasteiger charge is -2.16. The Labute approximate surface area is 94.7 Å². The van der Waals surface area contributed by atoms with Gasteiger partial charge in [-0.1, -0.05) is 18.2 Å². The number of benzene rings is 1. The van der Waals surface area contributed by atoms with Crippen molar-refractivity contribution in [2.75, 3.05) is 11.6 Å². The Morgan fingerprint density at radius 1 is 1.38 bits per heavy atom. The van der Waals surface area contributed by atoms with Gasteiger partial charge in [0.1, 0.15) is 0 Å². The Kier molecular flexibility index (Phi) is 3.31. The Bertz CT molecular complexity index is 414. The van der Waals surface area contributed by atoms with Crippen LogP contribution in [0.1, 0.15) is 18.4 Å². The second kappa shape index (κ2) is 4.90. The molecule has 0 aromatic heterocycles. The number of hydrazone groups is 1. The molecule has 1 heterocycles. The molecule has 4 heteroatoms. The lowest BCUT2D eigenvalue weighted by Crippen LogP contribution is -2.21. The maximum atomic E-state index is 11.6. The maximum Gasteiger partial charge on any atom is 0.252 e. The average Bonchev–Trinajstić information content (AvgIpc) is 2.73. The SMILES string of the molecule is NCCCc1ccccc1N1N=CCC1=O. The maximum absolute atomic E-state index is 11.6. The van der Waals surface area contributed by atoms with E-state index in [1.165, 1.54) is 5.01 Å². The summed E-state index contributed by atoms with van der Waals surface area (Å²) in [6.07, 6.45) is 3.84. The van der Waals surface area contributed by atoms with Crippen LogP contribution in [0.25, 0.3) is 0 Å². The van der Waals surface area contributed by atoms with Gasteiger partial charge in [0.25, 0.3) is 5.91 Å². The molecule has 0 fully saturated rings. The number of para-hydroxylation sites is 1. The predicted octanol–water partition coefficient (Wildman–Crippen LogP) is 1.30. The van der Waals surface area contributed by atoms with Crippen molar-refractivity contribution in [1.82, 2.24) is 0 Å². The minimum atomic E-state index is 0.0280. The van der Waals surface area contributed by atoms with Crippen molar-refractivity contribution in [3.05, 3.63) is 29.8 Å². The van der Waals surface area contributed by atoms with Gasteiger partial charge in [0.05, 0.1) is 12.1 Å². The van der Waals surface area contributed by atoms with Crippen molar-refractivity contribution < 1.29 is 4.79 Å². The molecule has 0 bridgehead atoms. The summed E-state index contributed by atoms with van der Waals surface area (Å²) in [5.74, 6) is 0.0280. The first kappa shape index (κ1) is 10.8. The minimum absolute atomic E-state index is 0.0280. The summed E-state index contributed by atoms with van der Waals surface area (Å²) >= 11 is 0. The number of carbonyl (C=O) groups excluding carboxylic acids is 1. The van der Waals surface area contributed by atoms with Crippen LogP contribution in [0.5, 0.6) is 0 Å². The van der Waals surface area contributed by atoms with Crippen molar-refractivity contribution in [2.45, 2.75) is 19.3 Å². The van der Waals surface area contributed by atoms with E-state index in [0.717, 1.165) is 24.1 Å². The molecular weight excluding hydrogens is 202 g/mol. The molecule has 2 rings (SSSR count). The van der Waals surface area contributed by atoms with E-state index in [1.54, 1.807) is 6.21 Å². The van der Waals surface area contributed by atoms with Crippen LogP contribution in [0.4, 0.5) is 5.69 Å². The second-order valence-electron chi connectivity index (χ2n) is 3.73. The van der Waals surface area contributed by atoms with Crippen LogP contribution in [0.15, 0.2) is 29.4 Å². The van der Waals surface area contributed by atoms with Gasteiger partial charge < -0.3 is 5.73 Å². The van der Waals surface area contributed by atoms with Crippen molar-refractivity contribution in [3.63, 3.8) is 0 Å². The molecule has 1 amide bonds. The highest BCUT2D eigenvalue weighted by molar-refractivity contribution is 6.05. The highest BCUT2D eigenvalue weighted by atomic mass is 16.2. The molecule has 1 aliphatic heterocycles. The molecule has 1 aromatic rings. The van der Waals surface area contributed by atoms with Crippen molar-refractivity contribution >= 4 is 17.8 Å². The van der Waals surface area contributed by atoms with Crippen LogP contribution in [0, 0.1) is 0 Å². The van der Waals surface area contributed by atoms with E-state index in [1.807, 2.05) is 24.3 Å². The standard InChI is InChI=1S/C12H15N3O/c13-8-3-5-10-4-1-2-6-11(10)15-12(16)7-9-14-15/h1-2,4,6,9H,3,5,7-8,13H2. The summed E-state index contributed by atoms with van der Waals surface area (Å²) in [7, 11) is 0. The normalized spacial score (nSPS) is 14.8. The van der Waals surface area contributed by atoms with Crippen molar-refractivity contribution in [2.24, 2.45) is 10.8 Å². The van der Waals surface area contributed by atoms with E-state index in [4.69, 9.17) is 5.73 Å².